The summed E-state index contributed by atoms with van der Waals surface area (Å²) >= 11 is 0. The lowest BCUT2D eigenvalue weighted by molar-refractivity contribution is -0.129. The van der Waals surface area contributed by atoms with Gasteiger partial charge in [0.15, 0.2) is 0 Å². The van der Waals surface area contributed by atoms with Crippen LogP contribution in [-0.2, 0) is 9.59 Å². The molecule has 1 aliphatic heterocycles. The molecule has 0 aromatic rings. The minimum absolute atomic E-state index is 0.0157. The predicted molar refractivity (Wildman–Crippen MR) is 71.2 cm³/mol. The van der Waals surface area contributed by atoms with Crippen LogP contribution in [0, 0.1) is 0 Å². The first-order valence-corrected chi connectivity index (χ1v) is 6.56. The fourth-order valence-corrected chi connectivity index (χ4v) is 2.42. The van der Waals surface area contributed by atoms with E-state index in [1.165, 1.54) is 0 Å². The molecule has 0 spiro atoms. The lowest BCUT2D eigenvalue weighted by Gasteiger charge is -2.31. The van der Waals surface area contributed by atoms with Crippen LogP contribution in [-0.4, -0.2) is 48.9 Å². The van der Waals surface area contributed by atoms with Gasteiger partial charge in [0.05, 0.1) is 0 Å². The molecule has 2 N–H and O–H groups in total. The van der Waals surface area contributed by atoms with Crippen molar-refractivity contribution in [3.05, 3.63) is 0 Å². The first kappa shape index (κ1) is 15.0. The summed E-state index contributed by atoms with van der Waals surface area (Å²) in [5, 5.41) is 5.80. The van der Waals surface area contributed by atoms with Gasteiger partial charge in [-0.25, -0.2) is 0 Å². The molecule has 1 aliphatic rings. The van der Waals surface area contributed by atoms with Gasteiger partial charge < -0.3 is 15.5 Å². The monoisotopic (exact) mass is 255 g/mol. The van der Waals surface area contributed by atoms with Crippen LogP contribution in [0.25, 0.3) is 0 Å². The molecule has 2 amide bonds. The molecule has 0 radical (unpaired) electrons. The largest absolute Gasteiger partial charge is 0.348 e. The van der Waals surface area contributed by atoms with Gasteiger partial charge in [0.25, 0.3) is 0 Å². The molecular formula is C13H25N3O2. The number of rotatable bonds is 4. The number of hydrogen-bond acceptors (Lipinski definition) is 3. The highest BCUT2D eigenvalue weighted by Crippen LogP contribution is 2.11. The normalized spacial score (nSPS) is 21.4. The smallest absolute Gasteiger partial charge is 0.243 e. The van der Waals surface area contributed by atoms with Crippen LogP contribution in [0.2, 0.25) is 0 Å². The third-order valence-electron chi connectivity index (χ3n) is 2.97. The van der Waals surface area contributed by atoms with Crippen LogP contribution in [0.3, 0.4) is 0 Å². The molecule has 1 fully saturated rings. The quantitative estimate of drug-likeness (QED) is 0.769. The average molecular weight is 255 g/mol. The zero-order valence-electron chi connectivity index (χ0n) is 11.9. The van der Waals surface area contributed by atoms with Crippen molar-refractivity contribution in [1.29, 1.82) is 0 Å². The Bertz CT molecular complexity index is 313. The van der Waals surface area contributed by atoms with Crippen molar-refractivity contribution in [1.82, 2.24) is 15.5 Å². The van der Waals surface area contributed by atoms with Crippen molar-refractivity contribution < 1.29 is 9.59 Å². The average Bonchev–Trinajstić information content (AvgIpc) is 2.39. The lowest BCUT2D eigenvalue weighted by atomic mass is 10.0. The molecule has 104 valence electrons. The van der Waals surface area contributed by atoms with Crippen LogP contribution < -0.4 is 10.6 Å². The minimum atomic E-state index is -0.374. The Morgan fingerprint density at radius 2 is 2.11 bits per heavy atom. The van der Waals surface area contributed by atoms with Gasteiger partial charge in [-0.1, -0.05) is 6.42 Å². The first-order chi connectivity index (χ1) is 8.30. The zero-order chi connectivity index (χ0) is 13.8. The van der Waals surface area contributed by atoms with E-state index in [0.29, 0.717) is 6.42 Å². The minimum Gasteiger partial charge on any atom is -0.348 e. The SMILES string of the molecule is CN(C)CC(C)(C)NC(=O)C1CCCCC(=O)N1. The summed E-state index contributed by atoms with van der Waals surface area (Å²) in [6.07, 6.45) is 3.06. The number of carbonyl (C=O) groups excluding carboxylic acids is 2. The van der Waals surface area contributed by atoms with Gasteiger partial charge in [-0.2, -0.15) is 0 Å². The van der Waals surface area contributed by atoms with Gasteiger partial charge in [0, 0.05) is 18.5 Å². The van der Waals surface area contributed by atoms with Gasteiger partial charge in [-0.15, -0.1) is 0 Å². The molecule has 0 bridgehead atoms. The van der Waals surface area contributed by atoms with E-state index in [1.54, 1.807) is 0 Å². The molecule has 1 rings (SSSR count). The van der Waals surface area contributed by atoms with Crippen molar-refractivity contribution in [3.8, 4) is 0 Å². The Balaban J connectivity index is 2.55. The molecular weight excluding hydrogens is 230 g/mol. The Labute approximate surface area is 109 Å². The van der Waals surface area contributed by atoms with Crippen molar-refractivity contribution in [2.45, 2.75) is 51.1 Å². The van der Waals surface area contributed by atoms with E-state index in [9.17, 15) is 9.59 Å². The summed E-state index contributed by atoms with van der Waals surface area (Å²) in [5.74, 6) is -0.0878. The fraction of sp³-hybridized carbons (Fsp3) is 0.846. The number of likely N-dealkylation sites (N-methyl/N-ethyl adjacent to an activating group) is 1. The number of nitrogens with one attached hydrogen (secondary N) is 2. The lowest BCUT2D eigenvalue weighted by Crippen LogP contribution is -2.56. The molecule has 0 aromatic heterocycles. The van der Waals surface area contributed by atoms with Crippen LogP contribution in [0.15, 0.2) is 0 Å². The molecule has 1 heterocycles. The van der Waals surface area contributed by atoms with Gasteiger partial charge in [0.1, 0.15) is 6.04 Å². The Morgan fingerprint density at radius 1 is 1.44 bits per heavy atom. The van der Waals surface area contributed by atoms with E-state index in [-0.39, 0.29) is 23.4 Å². The summed E-state index contributed by atoms with van der Waals surface area (Å²) < 4.78 is 0. The number of carbonyl (C=O) groups is 2. The molecule has 1 saturated heterocycles. The summed E-state index contributed by atoms with van der Waals surface area (Å²) in [7, 11) is 3.95. The standard InChI is InChI=1S/C13H25N3O2/c1-13(2,9-16(3)4)15-12(18)10-7-5-6-8-11(17)14-10/h10H,5-9H2,1-4H3,(H,14,17)(H,15,18). The maximum absolute atomic E-state index is 12.1. The fourth-order valence-electron chi connectivity index (χ4n) is 2.42. The Hall–Kier alpha value is -1.10. The summed E-state index contributed by atoms with van der Waals surface area (Å²) in [6.45, 7) is 4.74. The molecule has 1 atom stereocenters. The van der Waals surface area contributed by atoms with E-state index in [2.05, 4.69) is 10.6 Å². The van der Waals surface area contributed by atoms with E-state index in [0.717, 1.165) is 25.8 Å². The second kappa shape index (κ2) is 6.18. The van der Waals surface area contributed by atoms with Gasteiger partial charge in [-0.3, -0.25) is 9.59 Å². The van der Waals surface area contributed by atoms with E-state index < -0.39 is 0 Å². The van der Waals surface area contributed by atoms with Crippen LogP contribution >= 0.6 is 0 Å². The molecule has 1 unspecified atom stereocenters. The maximum Gasteiger partial charge on any atom is 0.243 e. The Morgan fingerprint density at radius 3 is 2.72 bits per heavy atom. The molecule has 5 heteroatoms. The van der Waals surface area contributed by atoms with Crippen LogP contribution in [0.1, 0.15) is 39.5 Å². The number of amides is 2. The molecule has 18 heavy (non-hydrogen) atoms. The van der Waals surface area contributed by atoms with E-state index in [4.69, 9.17) is 0 Å². The van der Waals surface area contributed by atoms with E-state index >= 15 is 0 Å². The van der Waals surface area contributed by atoms with E-state index in [1.807, 2.05) is 32.8 Å². The molecule has 0 aliphatic carbocycles. The van der Waals surface area contributed by atoms with Crippen molar-refractivity contribution in [3.63, 3.8) is 0 Å². The molecule has 5 nitrogen and oxygen atoms in total. The third kappa shape index (κ3) is 5.04. The first-order valence-electron chi connectivity index (χ1n) is 6.56. The van der Waals surface area contributed by atoms with Gasteiger partial charge >= 0.3 is 0 Å². The number of nitrogens with zero attached hydrogens (tertiary/aromatic N) is 1. The molecule has 0 aromatic carbocycles. The van der Waals surface area contributed by atoms with Crippen LogP contribution in [0.5, 0.6) is 0 Å². The topological polar surface area (TPSA) is 61.4 Å². The maximum atomic E-state index is 12.1. The van der Waals surface area contributed by atoms with Crippen molar-refractivity contribution in [2.24, 2.45) is 0 Å². The third-order valence-corrected chi connectivity index (χ3v) is 2.97. The highest BCUT2D eigenvalue weighted by atomic mass is 16.2. The van der Waals surface area contributed by atoms with Gasteiger partial charge in [0.2, 0.25) is 11.8 Å². The highest BCUT2D eigenvalue weighted by Gasteiger charge is 2.28. The second-order valence-corrected chi connectivity index (χ2v) is 5.98. The van der Waals surface area contributed by atoms with Crippen molar-refractivity contribution >= 4 is 11.8 Å². The van der Waals surface area contributed by atoms with Gasteiger partial charge in [-0.05, 0) is 40.8 Å². The second-order valence-electron chi connectivity index (χ2n) is 5.98. The zero-order valence-corrected chi connectivity index (χ0v) is 11.9. The summed E-state index contributed by atoms with van der Waals surface area (Å²) in [4.78, 5) is 25.6. The van der Waals surface area contributed by atoms with Crippen LogP contribution in [0.4, 0.5) is 0 Å². The number of hydrogen-bond donors (Lipinski definition) is 2. The highest BCUT2D eigenvalue weighted by molar-refractivity contribution is 5.88. The predicted octanol–water partition coefficient (Wildman–Crippen LogP) is 0.502. The Kier molecular flexibility index (Phi) is 5.14. The summed E-state index contributed by atoms with van der Waals surface area (Å²) in [6, 6.07) is -0.374. The molecule has 0 saturated carbocycles. The van der Waals surface area contributed by atoms with Crippen molar-refractivity contribution in [2.75, 3.05) is 20.6 Å². The summed E-state index contributed by atoms with van der Waals surface area (Å²) in [5.41, 5.74) is -0.294.